The fourth-order valence-electron chi connectivity index (χ4n) is 3.36. The first-order valence-electron chi connectivity index (χ1n) is 9.35. The molecular formula is C21H14N2Na2O9S2. The Bertz CT molecular complexity index is 1580. The third-order valence-corrected chi connectivity index (χ3v) is 6.53. The second kappa shape index (κ2) is 11.2. The van der Waals surface area contributed by atoms with Gasteiger partial charge in [-0.05, 0) is 59.3 Å². The van der Waals surface area contributed by atoms with Crippen LogP contribution in [0.2, 0.25) is 0 Å². The monoisotopic (exact) mass is 548 g/mol. The predicted octanol–water partition coefficient (Wildman–Crippen LogP) is -3.14. The van der Waals surface area contributed by atoms with E-state index >= 15 is 0 Å². The molecule has 0 aliphatic carbocycles. The van der Waals surface area contributed by atoms with Gasteiger partial charge >= 0.3 is 65.1 Å². The van der Waals surface area contributed by atoms with Gasteiger partial charge in [-0.15, -0.1) is 0 Å². The van der Waals surface area contributed by atoms with Gasteiger partial charge in [-0.3, -0.25) is 0 Å². The average molecular weight is 548 g/mol. The molecule has 0 saturated carbocycles. The Balaban J connectivity index is 0.00000228. The first kappa shape index (κ1) is 30.3. The molecule has 0 aliphatic rings. The van der Waals surface area contributed by atoms with Gasteiger partial charge < -0.3 is 30.0 Å². The first-order chi connectivity index (χ1) is 15.8. The van der Waals surface area contributed by atoms with E-state index in [9.17, 15) is 40.9 Å². The Hall–Kier alpha value is -1.91. The van der Waals surface area contributed by atoms with Crippen molar-refractivity contribution < 1.29 is 100 Å². The number of hydrogen-bond donors (Lipinski definition) is 4. The number of carbonyl (C=O) groups is 1. The molecule has 4 N–H and O–H groups in total. The minimum Gasteiger partial charge on any atom is -0.744 e. The number of amides is 2. The van der Waals surface area contributed by atoms with Crippen LogP contribution in [0.1, 0.15) is 0 Å². The summed E-state index contributed by atoms with van der Waals surface area (Å²) in [4.78, 5) is 11.2. The fourth-order valence-corrected chi connectivity index (χ4v) is 4.41. The van der Waals surface area contributed by atoms with Gasteiger partial charge in [0.1, 0.15) is 31.7 Å². The number of nitrogens with one attached hydrogen (secondary N) is 2. The van der Waals surface area contributed by atoms with Crippen LogP contribution in [0, 0.1) is 0 Å². The second-order valence-electron chi connectivity index (χ2n) is 7.24. The molecule has 176 valence electrons. The summed E-state index contributed by atoms with van der Waals surface area (Å²) in [7, 11) is -9.52. The molecule has 0 heterocycles. The van der Waals surface area contributed by atoms with Crippen molar-refractivity contribution >= 4 is 59.2 Å². The molecular weight excluding hydrogens is 534 g/mol. The van der Waals surface area contributed by atoms with E-state index in [1.807, 2.05) is 0 Å². The maximum Gasteiger partial charge on any atom is 1.00 e. The molecule has 15 heteroatoms. The molecule has 11 nitrogen and oxygen atoms in total. The molecule has 4 aromatic rings. The zero-order chi connectivity index (χ0) is 24.8. The Labute approximate surface area is 249 Å². The van der Waals surface area contributed by atoms with E-state index in [0.717, 1.165) is 24.3 Å². The Morgan fingerprint density at radius 2 is 1.00 bits per heavy atom. The molecule has 0 atom stereocenters. The van der Waals surface area contributed by atoms with Crippen molar-refractivity contribution in [2.45, 2.75) is 9.79 Å². The van der Waals surface area contributed by atoms with Crippen LogP contribution in [0.4, 0.5) is 16.2 Å². The number of hydrogen-bond acceptors (Lipinski definition) is 9. The summed E-state index contributed by atoms with van der Waals surface area (Å²) in [6.07, 6.45) is 0. The van der Waals surface area contributed by atoms with Gasteiger partial charge in [-0.2, -0.15) is 0 Å². The van der Waals surface area contributed by atoms with Gasteiger partial charge in [0.05, 0.1) is 9.79 Å². The molecule has 0 saturated heterocycles. The summed E-state index contributed by atoms with van der Waals surface area (Å²) in [5.74, 6) is -0.916. The number of phenolic OH excluding ortho intramolecular Hbond substituents is 2. The maximum absolute atomic E-state index is 12.4. The van der Waals surface area contributed by atoms with E-state index in [2.05, 4.69) is 10.6 Å². The molecule has 0 unspecified atom stereocenters. The molecule has 4 rings (SSSR count). The molecule has 0 spiro atoms. The summed E-state index contributed by atoms with van der Waals surface area (Å²) < 4.78 is 67.1. The van der Waals surface area contributed by atoms with Crippen LogP contribution in [0.25, 0.3) is 21.5 Å². The van der Waals surface area contributed by atoms with Gasteiger partial charge in [0.2, 0.25) is 0 Å². The minimum absolute atomic E-state index is 0. The predicted molar refractivity (Wildman–Crippen MR) is 120 cm³/mol. The van der Waals surface area contributed by atoms with Crippen LogP contribution in [0.15, 0.2) is 70.5 Å². The third kappa shape index (κ3) is 6.69. The minimum atomic E-state index is -4.76. The number of urea groups is 1. The largest absolute Gasteiger partial charge is 1.00 e. The van der Waals surface area contributed by atoms with Crippen LogP contribution in [-0.4, -0.2) is 42.2 Å². The first-order valence-corrected chi connectivity index (χ1v) is 12.2. The van der Waals surface area contributed by atoms with Crippen LogP contribution < -0.4 is 69.7 Å². The Morgan fingerprint density at radius 3 is 1.33 bits per heavy atom. The Morgan fingerprint density at radius 1 is 0.639 bits per heavy atom. The number of phenols is 2. The van der Waals surface area contributed by atoms with Gasteiger partial charge in [0.15, 0.2) is 0 Å². The molecule has 0 aliphatic heterocycles. The van der Waals surface area contributed by atoms with E-state index in [-0.39, 0.29) is 92.0 Å². The second-order valence-corrected chi connectivity index (χ2v) is 10.0. The summed E-state index contributed by atoms with van der Waals surface area (Å²) in [5.41, 5.74) is 0.485. The number of anilines is 2. The van der Waals surface area contributed by atoms with Gasteiger partial charge in [0.25, 0.3) is 0 Å². The average Bonchev–Trinajstić information content (AvgIpc) is 2.73. The number of rotatable bonds is 4. The van der Waals surface area contributed by atoms with Gasteiger partial charge in [-0.25, -0.2) is 21.6 Å². The zero-order valence-electron chi connectivity index (χ0n) is 18.8. The molecule has 0 bridgehead atoms. The van der Waals surface area contributed by atoms with Crippen molar-refractivity contribution in [3.05, 3.63) is 60.7 Å². The van der Waals surface area contributed by atoms with Crippen molar-refractivity contribution in [3.63, 3.8) is 0 Å². The normalized spacial score (nSPS) is 11.4. The number of aromatic hydroxyl groups is 2. The molecule has 4 aromatic carbocycles. The quantitative estimate of drug-likeness (QED) is 0.151. The van der Waals surface area contributed by atoms with Crippen molar-refractivity contribution in [1.29, 1.82) is 0 Å². The zero-order valence-corrected chi connectivity index (χ0v) is 24.5. The number of fused-ring (bicyclic) bond motifs is 2. The van der Waals surface area contributed by atoms with Gasteiger partial charge in [0, 0.05) is 22.1 Å². The maximum atomic E-state index is 12.4. The summed E-state index contributed by atoms with van der Waals surface area (Å²) in [5, 5.41) is 26.2. The standard InChI is InChI=1S/C21H16N2O9S2.2Na/c24-19-9-15(33(27,28)29)5-11-1-3-13(7-17(11)19)22-21(26)23-14-4-2-12-6-16(34(30,31)32)10-20(25)18(12)8-14;;/h1-10,24-25H,(H2,22,23,26)(H,27,28,29)(H,30,31,32);;/q;2*+1/p-2. The van der Waals surface area contributed by atoms with Crippen molar-refractivity contribution in [3.8, 4) is 11.5 Å². The van der Waals surface area contributed by atoms with Crippen molar-refractivity contribution in [1.82, 2.24) is 0 Å². The van der Waals surface area contributed by atoms with E-state index in [0.29, 0.717) is 0 Å². The summed E-state index contributed by atoms with van der Waals surface area (Å²) in [6.45, 7) is 0. The summed E-state index contributed by atoms with van der Waals surface area (Å²) in [6, 6.07) is 11.6. The Kier molecular flexibility index (Phi) is 9.45. The SMILES string of the molecule is O=C(Nc1ccc2cc(S(=O)(=O)[O-])cc(O)c2c1)Nc1ccc2cc(S(=O)(=O)[O-])cc(O)c2c1.[Na+].[Na+]. The third-order valence-electron chi connectivity index (χ3n) is 4.91. The molecule has 0 aromatic heterocycles. The molecule has 0 radical (unpaired) electrons. The number of benzene rings is 4. The van der Waals surface area contributed by atoms with Crippen LogP contribution in [-0.2, 0) is 20.2 Å². The molecule has 36 heavy (non-hydrogen) atoms. The van der Waals surface area contributed by atoms with Crippen LogP contribution in [0.5, 0.6) is 11.5 Å². The van der Waals surface area contributed by atoms with E-state index in [1.165, 1.54) is 36.4 Å². The van der Waals surface area contributed by atoms with Gasteiger partial charge in [-0.1, -0.05) is 12.1 Å². The van der Waals surface area contributed by atoms with Crippen molar-refractivity contribution in [2.24, 2.45) is 0 Å². The van der Waals surface area contributed by atoms with Crippen molar-refractivity contribution in [2.75, 3.05) is 10.6 Å². The molecule has 2 amide bonds. The van der Waals surface area contributed by atoms with E-state index < -0.39 is 47.6 Å². The number of carbonyl (C=O) groups excluding carboxylic acids is 1. The topological polar surface area (TPSA) is 196 Å². The van der Waals surface area contributed by atoms with Crippen LogP contribution >= 0.6 is 0 Å². The van der Waals surface area contributed by atoms with E-state index in [4.69, 9.17) is 0 Å². The molecule has 0 fully saturated rings. The summed E-state index contributed by atoms with van der Waals surface area (Å²) >= 11 is 0. The smallest absolute Gasteiger partial charge is 0.744 e. The fraction of sp³-hybridized carbons (Fsp3) is 0. The van der Waals surface area contributed by atoms with E-state index in [1.54, 1.807) is 0 Å². The van der Waals surface area contributed by atoms with Crippen LogP contribution in [0.3, 0.4) is 0 Å².